The lowest BCUT2D eigenvalue weighted by molar-refractivity contribution is -0.112. The zero-order chi connectivity index (χ0) is 17.1. The lowest BCUT2D eigenvalue weighted by Gasteiger charge is -2.12. The van der Waals surface area contributed by atoms with Crippen LogP contribution in [0.25, 0.3) is 0 Å². The van der Waals surface area contributed by atoms with Crippen LogP contribution >= 0.6 is 0 Å². The van der Waals surface area contributed by atoms with Crippen LogP contribution in [0.1, 0.15) is 19.4 Å². The van der Waals surface area contributed by atoms with Gasteiger partial charge in [-0.2, -0.15) is 15.2 Å². The summed E-state index contributed by atoms with van der Waals surface area (Å²) in [6.07, 6.45) is 0.891. The number of hydrogen-bond donors (Lipinski definition) is 2. The number of phenolic OH excluding ortho intramolecular Hbond substituents is 1. The van der Waals surface area contributed by atoms with Gasteiger partial charge in [0.15, 0.2) is 5.71 Å². The Balaban J connectivity index is 1.81. The van der Waals surface area contributed by atoms with E-state index in [9.17, 15) is 9.90 Å². The molecule has 122 valence electrons. The van der Waals surface area contributed by atoms with Gasteiger partial charge in [0, 0.05) is 0 Å². The number of aryl methyl sites for hydroxylation is 1. The van der Waals surface area contributed by atoms with Crippen molar-refractivity contribution in [1.29, 1.82) is 0 Å². The summed E-state index contributed by atoms with van der Waals surface area (Å²) in [6.45, 7) is 3.81. The molecule has 0 radical (unpaired) electrons. The fourth-order valence-electron chi connectivity index (χ4n) is 2.37. The Hall–Kier alpha value is -3.15. The number of hydrazone groups is 2. The lowest BCUT2D eigenvalue weighted by Crippen LogP contribution is -2.28. The van der Waals surface area contributed by atoms with Crippen LogP contribution in [-0.4, -0.2) is 22.4 Å². The van der Waals surface area contributed by atoms with Crippen LogP contribution in [0.15, 0.2) is 58.7 Å². The van der Waals surface area contributed by atoms with Gasteiger partial charge < -0.3 is 5.11 Å². The Morgan fingerprint density at radius 3 is 2.67 bits per heavy atom. The van der Waals surface area contributed by atoms with Crippen molar-refractivity contribution in [2.75, 3.05) is 10.4 Å². The number of amides is 1. The van der Waals surface area contributed by atoms with Gasteiger partial charge in [0.2, 0.25) is 0 Å². The Labute approximate surface area is 140 Å². The molecular formula is C18H18N4O2. The Kier molecular flexibility index (Phi) is 4.29. The van der Waals surface area contributed by atoms with Crippen molar-refractivity contribution in [2.24, 2.45) is 10.2 Å². The molecule has 2 N–H and O–H groups in total. The van der Waals surface area contributed by atoms with E-state index in [4.69, 9.17) is 0 Å². The number of nitrogens with zero attached hydrogens (tertiary/aromatic N) is 3. The number of nitrogens with one attached hydrogen (secondary N) is 1. The van der Waals surface area contributed by atoms with Gasteiger partial charge >= 0.3 is 5.91 Å². The Morgan fingerprint density at radius 1 is 1.21 bits per heavy atom. The molecule has 0 unspecified atom stereocenters. The van der Waals surface area contributed by atoms with E-state index in [-0.39, 0.29) is 17.4 Å². The molecule has 0 bridgehead atoms. The van der Waals surface area contributed by atoms with Gasteiger partial charge in [0.25, 0.3) is 0 Å². The van der Waals surface area contributed by atoms with E-state index in [1.165, 1.54) is 5.01 Å². The second kappa shape index (κ2) is 6.54. The summed E-state index contributed by atoms with van der Waals surface area (Å²) in [5.41, 5.74) is 6.18. The van der Waals surface area contributed by atoms with Crippen LogP contribution in [0.3, 0.4) is 0 Å². The average Bonchev–Trinajstić information content (AvgIpc) is 2.89. The number of aromatic hydroxyl groups is 1. The number of carbonyl (C=O) groups is 1. The predicted molar refractivity (Wildman–Crippen MR) is 95.6 cm³/mol. The van der Waals surface area contributed by atoms with Crippen LogP contribution in [0.4, 0.5) is 11.4 Å². The maximum atomic E-state index is 12.6. The third-order valence-electron chi connectivity index (χ3n) is 3.72. The van der Waals surface area contributed by atoms with E-state index >= 15 is 0 Å². The summed E-state index contributed by atoms with van der Waals surface area (Å²) in [5, 5.41) is 19.1. The van der Waals surface area contributed by atoms with Gasteiger partial charge in [0.1, 0.15) is 5.75 Å². The lowest BCUT2D eigenvalue weighted by atomic mass is 10.1. The van der Waals surface area contributed by atoms with E-state index in [1.807, 2.05) is 24.3 Å². The molecule has 0 atom stereocenters. The SMILES string of the molecule is CCc1cccc(N2N=C(C)C(=NNc3ccc(O)cc3)C2=O)c1. The first-order chi connectivity index (χ1) is 11.6. The minimum Gasteiger partial charge on any atom is -0.508 e. The monoisotopic (exact) mass is 322 g/mol. The molecule has 24 heavy (non-hydrogen) atoms. The summed E-state index contributed by atoms with van der Waals surface area (Å²) in [7, 11) is 0. The predicted octanol–water partition coefficient (Wildman–Crippen LogP) is 3.15. The summed E-state index contributed by atoms with van der Waals surface area (Å²) in [6, 6.07) is 14.2. The van der Waals surface area contributed by atoms with Gasteiger partial charge in [-0.05, 0) is 55.3 Å². The molecule has 2 aromatic rings. The first-order valence-electron chi connectivity index (χ1n) is 7.70. The molecule has 0 saturated carbocycles. The van der Waals surface area contributed by atoms with Crippen LogP contribution in [0, 0.1) is 0 Å². The fourth-order valence-corrected chi connectivity index (χ4v) is 2.37. The maximum absolute atomic E-state index is 12.6. The third-order valence-corrected chi connectivity index (χ3v) is 3.72. The van der Waals surface area contributed by atoms with Crippen molar-refractivity contribution < 1.29 is 9.90 Å². The summed E-state index contributed by atoms with van der Waals surface area (Å²) in [5.74, 6) is -0.100. The van der Waals surface area contributed by atoms with Crippen LogP contribution in [0.2, 0.25) is 0 Å². The second-order valence-corrected chi connectivity index (χ2v) is 5.44. The zero-order valence-electron chi connectivity index (χ0n) is 13.5. The molecule has 0 fully saturated rings. The molecule has 2 aromatic carbocycles. The summed E-state index contributed by atoms with van der Waals surface area (Å²) < 4.78 is 0. The van der Waals surface area contributed by atoms with Crippen molar-refractivity contribution in [1.82, 2.24) is 0 Å². The zero-order valence-corrected chi connectivity index (χ0v) is 13.5. The van der Waals surface area contributed by atoms with Crippen molar-refractivity contribution in [3.05, 3.63) is 54.1 Å². The van der Waals surface area contributed by atoms with Gasteiger partial charge in [0.05, 0.1) is 17.1 Å². The van der Waals surface area contributed by atoms with Crippen molar-refractivity contribution in [3.8, 4) is 5.75 Å². The van der Waals surface area contributed by atoms with Crippen molar-refractivity contribution in [3.63, 3.8) is 0 Å². The van der Waals surface area contributed by atoms with Gasteiger partial charge in [-0.25, -0.2) is 0 Å². The second-order valence-electron chi connectivity index (χ2n) is 5.44. The Bertz CT molecular complexity index is 825. The highest BCUT2D eigenvalue weighted by Crippen LogP contribution is 2.21. The molecule has 1 aliphatic heterocycles. The highest BCUT2D eigenvalue weighted by Gasteiger charge is 2.30. The maximum Gasteiger partial charge on any atom is 0.301 e. The standard InChI is InChI=1S/C18H18N4O2/c1-3-13-5-4-6-15(11-13)22-18(24)17(12(2)21-22)20-19-14-7-9-16(23)10-8-14/h4-11,19,23H,3H2,1-2H3. The summed E-state index contributed by atoms with van der Waals surface area (Å²) >= 11 is 0. The first-order valence-corrected chi connectivity index (χ1v) is 7.70. The molecule has 0 aromatic heterocycles. The van der Waals surface area contributed by atoms with Gasteiger partial charge in [-0.3, -0.25) is 10.2 Å². The molecule has 1 aliphatic rings. The molecule has 6 heteroatoms. The molecule has 1 heterocycles. The molecular weight excluding hydrogens is 304 g/mol. The number of phenols is 1. The molecule has 6 nitrogen and oxygen atoms in total. The normalized spacial score (nSPS) is 15.8. The number of hydrogen-bond acceptors (Lipinski definition) is 5. The van der Waals surface area contributed by atoms with E-state index in [0.717, 1.165) is 17.7 Å². The van der Waals surface area contributed by atoms with E-state index < -0.39 is 0 Å². The van der Waals surface area contributed by atoms with Crippen molar-refractivity contribution >= 4 is 28.7 Å². The summed E-state index contributed by atoms with van der Waals surface area (Å²) in [4.78, 5) is 12.6. The molecule has 0 saturated heterocycles. The Morgan fingerprint density at radius 2 is 1.96 bits per heavy atom. The van der Waals surface area contributed by atoms with Gasteiger partial charge in [-0.1, -0.05) is 19.1 Å². The number of carbonyl (C=O) groups excluding carboxylic acids is 1. The third kappa shape index (κ3) is 3.12. The van der Waals surface area contributed by atoms with E-state index in [2.05, 4.69) is 22.6 Å². The number of benzene rings is 2. The van der Waals surface area contributed by atoms with Gasteiger partial charge in [-0.15, -0.1) is 0 Å². The highest BCUT2D eigenvalue weighted by atomic mass is 16.3. The van der Waals surface area contributed by atoms with E-state index in [1.54, 1.807) is 31.2 Å². The first kappa shape index (κ1) is 15.7. The van der Waals surface area contributed by atoms with Crippen molar-refractivity contribution in [2.45, 2.75) is 20.3 Å². The minimum atomic E-state index is -0.271. The van der Waals surface area contributed by atoms with E-state index in [0.29, 0.717) is 11.4 Å². The molecule has 3 rings (SSSR count). The minimum absolute atomic E-state index is 0.171. The fraction of sp³-hybridized carbons (Fsp3) is 0.167. The quantitative estimate of drug-likeness (QED) is 0.670. The van der Waals surface area contributed by atoms with Crippen LogP contribution in [0.5, 0.6) is 5.75 Å². The molecule has 0 aliphatic carbocycles. The van der Waals surface area contributed by atoms with Crippen LogP contribution in [-0.2, 0) is 11.2 Å². The average molecular weight is 322 g/mol. The molecule has 0 spiro atoms. The van der Waals surface area contributed by atoms with Crippen LogP contribution < -0.4 is 10.4 Å². The topological polar surface area (TPSA) is 77.3 Å². The number of rotatable bonds is 4. The largest absolute Gasteiger partial charge is 0.508 e. The highest BCUT2D eigenvalue weighted by molar-refractivity contribution is 6.71. The molecule has 1 amide bonds. The number of anilines is 2. The smallest absolute Gasteiger partial charge is 0.301 e.